The number of benzene rings is 2. The van der Waals surface area contributed by atoms with E-state index in [1.807, 2.05) is 48.5 Å². The SMILES string of the molecule is CCCCCCC(=O)N(Oc1ccccc1)[C@@H](Cc1ccccc1)C(=O)NC. The predicted octanol–water partition coefficient (Wildman–Crippen LogP) is 4.14. The molecule has 0 bridgehead atoms. The van der Waals surface area contributed by atoms with Gasteiger partial charge in [-0.1, -0.05) is 74.7 Å². The molecule has 5 nitrogen and oxygen atoms in total. The van der Waals surface area contributed by atoms with Crippen LogP contribution in [0.3, 0.4) is 0 Å². The number of likely N-dealkylation sites (N-methyl/N-ethyl adjacent to an activating group) is 1. The van der Waals surface area contributed by atoms with Gasteiger partial charge in [0.2, 0.25) is 5.91 Å². The van der Waals surface area contributed by atoms with Crippen LogP contribution in [0.5, 0.6) is 5.75 Å². The first-order chi connectivity index (χ1) is 13.7. The molecule has 0 heterocycles. The van der Waals surface area contributed by atoms with Crippen molar-refractivity contribution in [1.29, 1.82) is 0 Å². The van der Waals surface area contributed by atoms with Gasteiger partial charge >= 0.3 is 0 Å². The minimum Gasteiger partial charge on any atom is -0.376 e. The first-order valence-corrected chi connectivity index (χ1v) is 9.96. The van der Waals surface area contributed by atoms with Gasteiger partial charge in [-0.25, -0.2) is 0 Å². The maximum atomic E-state index is 13.0. The van der Waals surface area contributed by atoms with Crippen molar-refractivity contribution in [3.05, 3.63) is 66.2 Å². The van der Waals surface area contributed by atoms with Gasteiger partial charge in [0, 0.05) is 19.9 Å². The maximum Gasteiger partial charge on any atom is 0.255 e. The number of hydrogen-bond donors (Lipinski definition) is 1. The van der Waals surface area contributed by atoms with E-state index in [2.05, 4.69) is 12.2 Å². The van der Waals surface area contributed by atoms with E-state index in [1.54, 1.807) is 19.2 Å². The molecule has 0 aromatic heterocycles. The second kappa shape index (κ2) is 11.8. The van der Waals surface area contributed by atoms with Crippen molar-refractivity contribution in [1.82, 2.24) is 10.4 Å². The Balaban J connectivity index is 2.23. The van der Waals surface area contributed by atoms with Gasteiger partial charge in [0.25, 0.3) is 5.91 Å². The molecular formula is C23H30N2O3. The Labute approximate surface area is 167 Å². The lowest BCUT2D eigenvalue weighted by atomic mass is 10.0. The summed E-state index contributed by atoms with van der Waals surface area (Å²) in [6, 6.07) is 18.0. The Hall–Kier alpha value is -2.82. The average Bonchev–Trinajstić information content (AvgIpc) is 2.74. The van der Waals surface area contributed by atoms with Crippen molar-refractivity contribution < 1.29 is 14.4 Å². The normalized spacial score (nSPS) is 11.5. The summed E-state index contributed by atoms with van der Waals surface area (Å²) in [6.07, 6.45) is 4.71. The molecule has 0 aliphatic carbocycles. The number of para-hydroxylation sites is 1. The van der Waals surface area contributed by atoms with Gasteiger partial charge in [0.05, 0.1) is 0 Å². The number of nitrogens with zero attached hydrogens (tertiary/aromatic N) is 1. The molecule has 150 valence electrons. The van der Waals surface area contributed by atoms with Crippen LogP contribution >= 0.6 is 0 Å². The van der Waals surface area contributed by atoms with Gasteiger partial charge in [-0.05, 0) is 24.1 Å². The highest BCUT2D eigenvalue weighted by Gasteiger charge is 2.31. The lowest BCUT2D eigenvalue weighted by Gasteiger charge is -2.30. The maximum absolute atomic E-state index is 13.0. The summed E-state index contributed by atoms with van der Waals surface area (Å²) in [5.41, 5.74) is 0.969. The van der Waals surface area contributed by atoms with Crippen LogP contribution in [0.2, 0.25) is 0 Å². The van der Waals surface area contributed by atoms with Crippen LogP contribution in [0.4, 0.5) is 0 Å². The number of nitrogens with one attached hydrogen (secondary N) is 1. The van der Waals surface area contributed by atoms with Gasteiger partial charge in [0.1, 0.15) is 0 Å². The molecular weight excluding hydrogens is 352 g/mol. The predicted molar refractivity (Wildman–Crippen MR) is 111 cm³/mol. The van der Waals surface area contributed by atoms with Crippen LogP contribution in [-0.4, -0.2) is 30.0 Å². The first kappa shape index (κ1) is 21.5. The molecule has 28 heavy (non-hydrogen) atoms. The van der Waals surface area contributed by atoms with Gasteiger partial charge in [-0.2, -0.15) is 5.06 Å². The first-order valence-electron chi connectivity index (χ1n) is 9.96. The molecule has 2 amide bonds. The number of carbonyl (C=O) groups excluding carboxylic acids is 2. The van der Waals surface area contributed by atoms with E-state index in [1.165, 1.54) is 5.06 Å². The van der Waals surface area contributed by atoms with Crippen LogP contribution in [0.1, 0.15) is 44.6 Å². The topological polar surface area (TPSA) is 58.6 Å². The molecule has 0 aliphatic heterocycles. The zero-order chi connectivity index (χ0) is 20.2. The molecule has 5 heteroatoms. The van der Waals surface area contributed by atoms with Gasteiger partial charge < -0.3 is 10.2 Å². The summed E-state index contributed by atoms with van der Waals surface area (Å²) in [5.74, 6) is 0.109. The molecule has 2 rings (SSSR count). The Morgan fingerprint density at radius 2 is 1.61 bits per heavy atom. The number of carbonyl (C=O) groups is 2. The van der Waals surface area contributed by atoms with E-state index in [0.29, 0.717) is 18.6 Å². The summed E-state index contributed by atoms with van der Waals surface area (Å²) in [4.78, 5) is 31.5. The minimum atomic E-state index is -0.744. The van der Waals surface area contributed by atoms with Crippen LogP contribution in [0, 0.1) is 0 Å². The molecule has 0 unspecified atom stereocenters. The molecule has 0 radical (unpaired) electrons. The summed E-state index contributed by atoms with van der Waals surface area (Å²) < 4.78 is 0. The highest BCUT2D eigenvalue weighted by Crippen LogP contribution is 2.18. The van der Waals surface area contributed by atoms with Crippen molar-refractivity contribution in [3.8, 4) is 5.75 Å². The number of hydroxylamine groups is 2. The number of unbranched alkanes of at least 4 members (excludes halogenated alkanes) is 3. The fourth-order valence-corrected chi connectivity index (χ4v) is 2.98. The quantitative estimate of drug-likeness (QED) is 0.469. The van der Waals surface area contributed by atoms with Crippen LogP contribution in [0.25, 0.3) is 0 Å². The van der Waals surface area contributed by atoms with Gasteiger partial charge in [0.15, 0.2) is 11.8 Å². The largest absolute Gasteiger partial charge is 0.376 e. The number of hydrogen-bond acceptors (Lipinski definition) is 3. The Morgan fingerprint density at radius 1 is 0.964 bits per heavy atom. The molecule has 0 spiro atoms. The third-order valence-corrected chi connectivity index (χ3v) is 4.54. The highest BCUT2D eigenvalue weighted by atomic mass is 16.7. The highest BCUT2D eigenvalue weighted by molar-refractivity contribution is 5.87. The minimum absolute atomic E-state index is 0.176. The molecule has 2 aromatic rings. The molecule has 0 aliphatic rings. The van der Waals surface area contributed by atoms with Crippen molar-refractivity contribution in [2.24, 2.45) is 0 Å². The van der Waals surface area contributed by atoms with Crippen LogP contribution in [0.15, 0.2) is 60.7 Å². The molecule has 1 atom stereocenters. The van der Waals surface area contributed by atoms with Crippen molar-refractivity contribution in [2.45, 2.75) is 51.5 Å². The molecule has 2 aromatic carbocycles. The smallest absolute Gasteiger partial charge is 0.255 e. The summed E-state index contributed by atoms with van der Waals surface area (Å²) in [7, 11) is 1.58. The zero-order valence-electron chi connectivity index (χ0n) is 16.8. The zero-order valence-corrected chi connectivity index (χ0v) is 16.8. The lowest BCUT2D eigenvalue weighted by molar-refractivity contribution is -0.171. The van der Waals surface area contributed by atoms with Gasteiger partial charge in [-0.15, -0.1) is 0 Å². The number of amides is 2. The van der Waals surface area contributed by atoms with Crippen molar-refractivity contribution >= 4 is 11.8 Å². The Kier molecular flexibility index (Phi) is 9.05. The fraction of sp³-hybridized carbons (Fsp3) is 0.391. The second-order valence-corrected chi connectivity index (χ2v) is 6.75. The molecule has 0 saturated carbocycles. The van der Waals surface area contributed by atoms with Crippen LogP contribution in [-0.2, 0) is 16.0 Å². The summed E-state index contributed by atoms with van der Waals surface area (Å²) in [6.45, 7) is 2.13. The summed E-state index contributed by atoms with van der Waals surface area (Å²) >= 11 is 0. The third-order valence-electron chi connectivity index (χ3n) is 4.54. The monoisotopic (exact) mass is 382 g/mol. The van der Waals surface area contributed by atoms with Crippen LogP contribution < -0.4 is 10.2 Å². The van der Waals surface area contributed by atoms with E-state index < -0.39 is 6.04 Å². The fourth-order valence-electron chi connectivity index (χ4n) is 2.98. The van der Waals surface area contributed by atoms with E-state index in [4.69, 9.17) is 4.84 Å². The van der Waals surface area contributed by atoms with Crippen molar-refractivity contribution in [3.63, 3.8) is 0 Å². The number of rotatable bonds is 11. The van der Waals surface area contributed by atoms with E-state index in [-0.39, 0.29) is 11.8 Å². The Morgan fingerprint density at radius 3 is 2.21 bits per heavy atom. The van der Waals surface area contributed by atoms with Gasteiger partial charge in [-0.3, -0.25) is 9.59 Å². The Bertz CT molecular complexity index is 719. The molecule has 0 fully saturated rings. The van der Waals surface area contributed by atoms with E-state index >= 15 is 0 Å². The average molecular weight is 383 g/mol. The molecule has 1 N–H and O–H groups in total. The molecule has 0 saturated heterocycles. The van der Waals surface area contributed by atoms with E-state index in [9.17, 15) is 9.59 Å². The third kappa shape index (κ3) is 6.72. The van der Waals surface area contributed by atoms with E-state index in [0.717, 1.165) is 31.2 Å². The summed E-state index contributed by atoms with van der Waals surface area (Å²) in [5, 5.41) is 3.93. The van der Waals surface area contributed by atoms with Crippen molar-refractivity contribution in [2.75, 3.05) is 7.05 Å². The second-order valence-electron chi connectivity index (χ2n) is 6.75. The lowest BCUT2D eigenvalue weighted by Crippen LogP contribution is -2.51. The standard InChI is InChI=1S/C23H30N2O3/c1-3-4-5-12-17-22(26)25(28-20-15-10-7-11-16-20)21(23(27)24-2)18-19-13-8-6-9-14-19/h6-11,13-16,21H,3-5,12,17-18H2,1-2H3,(H,24,27)/t21-/m0/s1.